The van der Waals surface area contributed by atoms with E-state index in [1.165, 1.54) is 0 Å². The summed E-state index contributed by atoms with van der Waals surface area (Å²) in [6.07, 6.45) is 2.83. The quantitative estimate of drug-likeness (QED) is 0.598. The van der Waals surface area contributed by atoms with Crippen LogP contribution in [0.4, 0.5) is 0 Å². The molecule has 0 atom stereocenters. The van der Waals surface area contributed by atoms with Crippen molar-refractivity contribution >= 4 is 0 Å². The van der Waals surface area contributed by atoms with Crippen molar-refractivity contribution in [2.45, 2.75) is 13.3 Å². The molecule has 0 aliphatic rings. The molecule has 0 radical (unpaired) electrons. The molecule has 0 aromatic carbocycles. The van der Waals surface area contributed by atoms with Crippen LogP contribution in [0.1, 0.15) is 12.5 Å². The Morgan fingerprint density at radius 3 is 2.80 bits per heavy atom. The number of nitrogens with zero attached hydrogens (tertiary/aromatic N) is 1. The van der Waals surface area contributed by atoms with E-state index in [-0.39, 0.29) is 0 Å². The van der Waals surface area contributed by atoms with Crippen LogP contribution in [0.15, 0.2) is 18.3 Å². The summed E-state index contributed by atoms with van der Waals surface area (Å²) in [6.45, 7) is 2.06. The van der Waals surface area contributed by atoms with Crippen LogP contribution in [0.2, 0.25) is 0 Å². The molecule has 0 saturated carbocycles. The minimum absolute atomic E-state index is 0.616. The van der Waals surface area contributed by atoms with Gasteiger partial charge in [-0.15, -0.1) is 0 Å². The van der Waals surface area contributed by atoms with Crippen molar-refractivity contribution in [3.63, 3.8) is 0 Å². The van der Waals surface area contributed by atoms with Crippen LogP contribution >= 0.6 is 0 Å². The zero-order valence-electron chi connectivity index (χ0n) is 6.39. The Morgan fingerprint density at radius 1 is 1.60 bits per heavy atom. The molecule has 1 N–H and O–H groups in total. The lowest BCUT2D eigenvalue weighted by atomic mass is 10.2. The highest BCUT2D eigenvalue weighted by Crippen LogP contribution is 1.89. The number of aromatic nitrogens is 1. The fraction of sp³-hybridized carbons (Fsp3) is 0.375. The highest BCUT2D eigenvalue weighted by Gasteiger charge is 1.91. The highest BCUT2D eigenvalue weighted by molar-refractivity contribution is 5.07. The molecular formula is C8H12N2. The van der Waals surface area contributed by atoms with Gasteiger partial charge in [0.1, 0.15) is 5.49 Å². The second-order valence-electron chi connectivity index (χ2n) is 2.35. The van der Waals surface area contributed by atoms with Crippen molar-refractivity contribution in [1.82, 2.24) is 4.57 Å². The fourth-order valence-corrected chi connectivity index (χ4v) is 0.954. The van der Waals surface area contributed by atoms with E-state index in [9.17, 15) is 0 Å². The van der Waals surface area contributed by atoms with E-state index < -0.39 is 0 Å². The number of pyridine rings is 1. The Morgan fingerprint density at radius 2 is 2.30 bits per heavy atom. The van der Waals surface area contributed by atoms with E-state index in [1.54, 1.807) is 0 Å². The fourth-order valence-electron chi connectivity index (χ4n) is 0.954. The Labute approximate surface area is 60.6 Å². The molecule has 0 amide bonds. The molecule has 0 aliphatic heterocycles. The predicted octanol–water partition coefficient (Wildman–Crippen LogP) is 1.07. The molecule has 0 bridgehead atoms. The maximum atomic E-state index is 7.56. The van der Waals surface area contributed by atoms with Crippen LogP contribution in [0.3, 0.4) is 0 Å². The Kier molecular flexibility index (Phi) is 1.90. The SMILES string of the molecule is CCc1cccn(C)c1=N. The summed E-state index contributed by atoms with van der Waals surface area (Å²) in [5.41, 5.74) is 1.72. The third-order valence-corrected chi connectivity index (χ3v) is 1.64. The standard InChI is InChI=1S/C8H12N2/c1-3-7-5-4-6-10(2)8(7)9/h4-6,9H,3H2,1-2H3. The molecule has 1 rings (SSSR count). The van der Waals surface area contributed by atoms with E-state index in [0.29, 0.717) is 5.49 Å². The van der Waals surface area contributed by atoms with E-state index in [4.69, 9.17) is 5.41 Å². The van der Waals surface area contributed by atoms with Gasteiger partial charge in [-0.25, -0.2) is 0 Å². The van der Waals surface area contributed by atoms with E-state index in [0.717, 1.165) is 12.0 Å². The van der Waals surface area contributed by atoms with E-state index in [2.05, 4.69) is 6.92 Å². The van der Waals surface area contributed by atoms with Gasteiger partial charge in [0.15, 0.2) is 0 Å². The van der Waals surface area contributed by atoms with Crippen LogP contribution < -0.4 is 5.49 Å². The summed E-state index contributed by atoms with van der Waals surface area (Å²) in [7, 11) is 1.89. The molecule has 0 saturated heterocycles. The van der Waals surface area contributed by atoms with Gasteiger partial charge < -0.3 is 4.57 Å². The minimum atomic E-state index is 0.616. The van der Waals surface area contributed by atoms with Crippen LogP contribution in [-0.2, 0) is 13.5 Å². The third-order valence-electron chi connectivity index (χ3n) is 1.64. The van der Waals surface area contributed by atoms with E-state index in [1.807, 2.05) is 29.9 Å². The predicted molar refractivity (Wildman–Crippen MR) is 40.6 cm³/mol. The smallest absolute Gasteiger partial charge is 0.127 e. The normalized spacial score (nSPS) is 9.80. The molecule has 1 aromatic rings. The van der Waals surface area contributed by atoms with Gasteiger partial charge in [-0.1, -0.05) is 13.0 Å². The first-order chi connectivity index (χ1) is 4.75. The minimum Gasteiger partial charge on any atom is -0.336 e. The number of aryl methyl sites for hydroxylation is 2. The summed E-state index contributed by atoms with van der Waals surface area (Å²) >= 11 is 0. The van der Waals surface area contributed by atoms with Crippen molar-refractivity contribution in [2.24, 2.45) is 7.05 Å². The summed E-state index contributed by atoms with van der Waals surface area (Å²) in [4.78, 5) is 0. The van der Waals surface area contributed by atoms with Crippen LogP contribution in [0.5, 0.6) is 0 Å². The highest BCUT2D eigenvalue weighted by atomic mass is 14.9. The summed E-state index contributed by atoms with van der Waals surface area (Å²) < 4.78 is 1.82. The van der Waals surface area contributed by atoms with Crippen LogP contribution in [0.25, 0.3) is 0 Å². The molecular weight excluding hydrogens is 124 g/mol. The van der Waals surface area contributed by atoms with Crippen molar-refractivity contribution in [3.8, 4) is 0 Å². The van der Waals surface area contributed by atoms with Gasteiger partial charge in [-0.3, -0.25) is 5.41 Å². The van der Waals surface area contributed by atoms with Gasteiger partial charge in [0.25, 0.3) is 0 Å². The summed E-state index contributed by atoms with van der Waals surface area (Å²) in [5, 5.41) is 7.56. The average molecular weight is 136 g/mol. The second kappa shape index (κ2) is 2.69. The summed E-state index contributed by atoms with van der Waals surface area (Å²) in [6, 6.07) is 3.96. The molecule has 10 heavy (non-hydrogen) atoms. The maximum Gasteiger partial charge on any atom is 0.127 e. The number of rotatable bonds is 1. The van der Waals surface area contributed by atoms with Crippen LogP contribution in [0, 0.1) is 5.41 Å². The maximum absolute atomic E-state index is 7.56. The monoisotopic (exact) mass is 136 g/mol. The van der Waals surface area contributed by atoms with Gasteiger partial charge >= 0.3 is 0 Å². The van der Waals surface area contributed by atoms with Gasteiger partial charge in [0.2, 0.25) is 0 Å². The van der Waals surface area contributed by atoms with Crippen molar-refractivity contribution in [3.05, 3.63) is 29.4 Å². The summed E-state index contributed by atoms with van der Waals surface area (Å²) in [5.74, 6) is 0. The third kappa shape index (κ3) is 1.10. The topological polar surface area (TPSA) is 28.8 Å². The molecule has 0 fully saturated rings. The largest absolute Gasteiger partial charge is 0.336 e. The van der Waals surface area contributed by atoms with Crippen molar-refractivity contribution in [2.75, 3.05) is 0 Å². The van der Waals surface area contributed by atoms with Gasteiger partial charge in [0.05, 0.1) is 0 Å². The molecule has 1 aromatic heterocycles. The lowest BCUT2D eigenvalue weighted by Crippen LogP contribution is -2.19. The Bertz CT molecular complexity index is 273. The molecule has 54 valence electrons. The second-order valence-corrected chi connectivity index (χ2v) is 2.35. The number of hydrogen-bond donors (Lipinski definition) is 1. The lowest BCUT2D eigenvalue weighted by Gasteiger charge is -2.00. The molecule has 2 heteroatoms. The lowest BCUT2D eigenvalue weighted by molar-refractivity contribution is 0.791. The first kappa shape index (κ1) is 7.06. The molecule has 2 nitrogen and oxygen atoms in total. The van der Waals surface area contributed by atoms with Crippen molar-refractivity contribution in [1.29, 1.82) is 5.41 Å². The first-order valence-electron chi connectivity index (χ1n) is 3.45. The van der Waals surface area contributed by atoms with E-state index >= 15 is 0 Å². The number of hydrogen-bond acceptors (Lipinski definition) is 1. The molecule has 0 aliphatic carbocycles. The van der Waals surface area contributed by atoms with Gasteiger partial charge in [-0.05, 0) is 18.1 Å². The van der Waals surface area contributed by atoms with Gasteiger partial charge in [-0.2, -0.15) is 0 Å². The number of nitrogens with one attached hydrogen (secondary N) is 1. The Hall–Kier alpha value is -1.05. The van der Waals surface area contributed by atoms with Crippen molar-refractivity contribution < 1.29 is 0 Å². The molecule has 0 unspecified atom stereocenters. The van der Waals surface area contributed by atoms with Gasteiger partial charge in [0, 0.05) is 13.2 Å². The first-order valence-corrected chi connectivity index (χ1v) is 3.45. The molecule has 0 spiro atoms. The molecule has 1 heterocycles. The Balaban J connectivity index is 3.28. The zero-order valence-corrected chi connectivity index (χ0v) is 6.39. The average Bonchev–Trinajstić information content (AvgIpc) is 1.95. The van der Waals surface area contributed by atoms with Crippen LogP contribution in [-0.4, -0.2) is 4.57 Å². The zero-order chi connectivity index (χ0) is 7.56.